The number of aliphatic hydroxyl groups is 1. The predicted molar refractivity (Wildman–Crippen MR) is 146 cm³/mol. The minimum atomic E-state index is -0.580. The molecule has 3 rings (SSSR count). The maximum Gasteiger partial charge on any atom is 0.407 e. The summed E-state index contributed by atoms with van der Waals surface area (Å²) >= 11 is 0. The number of likely N-dealkylation sites (tertiary alicyclic amines) is 1. The Hall–Kier alpha value is -3.79. The third-order valence-corrected chi connectivity index (χ3v) is 6.89. The minimum absolute atomic E-state index is 0.0614. The van der Waals surface area contributed by atoms with Crippen LogP contribution in [-0.2, 0) is 31.1 Å². The van der Waals surface area contributed by atoms with E-state index in [2.05, 4.69) is 28.3 Å². The Morgan fingerprint density at radius 1 is 1.21 bits per heavy atom. The number of carbonyl (C=O) groups is 3. The van der Waals surface area contributed by atoms with Crippen LogP contribution in [0.1, 0.15) is 58.6 Å². The SMILES string of the molecule is C=C(/C=C(C)\C(O)=C(/C)C(=O)NOC)C(=O)N1CCC2(CC1)COc1ccc(CNC(=O)OC(C)(C)C)cc12. The van der Waals surface area contributed by atoms with E-state index in [4.69, 9.17) is 9.47 Å². The molecule has 1 aromatic rings. The van der Waals surface area contributed by atoms with Crippen molar-refractivity contribution < 1.29 is 33.8 Å². The number of aliphatic hydroxyl groups excluding tert-OH is 1. The number of nitrogens with one attached hydrogen (secondary N) is 2. The molecule has 0 atom stereocenters. The molecule has 0 saturated carbocycles. The summed E-state index contributed by atoms with van der Waals surface area (Å²) in [5.74, 6) is -0.226. The van der Waals surface area contributed by atoms with Crippen LogP contribution in [0.5, 0.6) is 5.75 Å². The van der Waals surface area contributed by atoms with Crippen molar-refractivity contribution in [1.82, 2.24) is 15.7 Å². The lowest BCUT2D eigenvalue weighted by Crippen LogP contribution is -2.46. The van der Waals surface area contributed by atoms with Crippen LogP contribution in [0.15, 0.2) is 53.3 Å². The van der Waals surface area contributed by atoms with Crippen LogP contribution in [0.4, 0.5) is 4.79 Å². The van der Waals surface area contributed by atoms with Crippen LogP contribution in [0, 0.1) is 0 Å². The number of ether oxygens (including phenoxy) is 2. The van der Waals surface area contributed by atoms with E-state index in [1.54, 1.807) is 11.8 Å². The summed E-state index contributed by atoms with van der Waals surface area (Å²) < 4.78 is 11.3. The highest BCUT2D eigenvalue weighted by Gasteiger charge is 2.44. The molecule has 2 heterocycles. The molecule has 1 aromatic carbocycles. The summed E-state index contributed by atoms with van der Waals surface area (Å²) in [6.07, 6.45) is 2.43. The van der Waals surface area contributed by atoms with Crippen molar-refractivity contribution in [3.8, 4) is 5.75 Å². The number of piperidine rings is 1. The lowest BCUT2D eigenvalue weighted by Gasteiger charge is -2.38. The average Bonchev–Trinajstić information content (AvgIpc) is 3.22. The highest BCUT2D eigenvalue weighted by Crippen LogP contribution is 2.46. The van der Waals surface area contributed by atoms with E-state index in [0.29, 0.717) is 44.7 Å². The van der Waals surface area contributed by atoms with E-state index < -0.39 is 17.6 Å². The Balaban J connectivity index is 1.64. The van der Waals surface area contributed by atoms with E-state index >= 15 is 0 Å². The van der Waals surface area contributed by atoms with Crippen molar-refractivity contribution in [3.63, 3.8) is 0 Å². The molecule has 2 aliphatic heterocycles. The van der Waals surface area contributed by atoms with Gasteiger partial charge < -0.3 is 24.8 Å². The van der Waals surface area contributed by atoms with Crippen LogP contribution < -0.4 is 15.5 Å². The van der Waals surface area contributed by atoms with Gasteiger partial charge in [-0.25, -0.2) is 10.3 Å². The molecule has 0 bridgehead atoms. The first kappa shape index (κ1) is 29.8. The summed E-state index contributed by atoms with van der Waals surface area (Å²) in [6.45, 7) is 14.3. The molecule has 2 aliphatic rings. The van der Waals surface area contributed by atoms with Gasteiger partial charge in [0.25, 0.3) is 11.8 Å². The number of nitrogens with zero attached hydrogens (tertiary/aromatic N) is 1. The molecule has 3 amide bonds. The van der Waals surface area contributed by atoms with Gasteiger partial charge in [0.2, 0.25) is 0 Å². The summed E-state index contributed by atoms with van der Waals surface area (Å²) in [4.78, 5) is 43.4. The maximum absolute atomic E-state index is 13.1. The van der Waals surface area contributed by atoms with Crippen molar-refractivity contribution >= 4 is 17.9 Å². The number of benzene rings is 1. The number of carbonyl (C=O) groups excluding carboxylic acids is 3. The van der Waals surface area contributed by atoms with Crippen LogP contribution in [0.2, 0.25) is 0 Å². The summed E-state index contributed by atoms with van der Waals surface area (Å²) in [7, 11) is 1.30. The van der Waals surface area contributed by atoms with Gasteiger partial charge in [0.1, 0.15) is 17.1 Å². The van der Waals surface area contributed by atoms with Crippen molar-refractivity contribution in [2.75, 3.05) is 26.8 Å². The molecule has 0 unspecified atom stereocenters. The van der Waals surface area contributed by atoms with Gasteiger partial charge >= 0.3 is 6.09 Å². The van der Waals surface area contributed by atoms with Crippen molar-refractivity contribution in [1.29, 1.82) is 0 Å². The second-order valence-corrected chi connectivity index (χ2v) is 11.0. The summed E-state index contributed by atoms with van der Waals surface area (Å²) in [5, 5.41) is 13.2. The van der Waals surface area contributed by atoms with Gasteiger partial charge in [0, 0.05) is 36.2 Å². The standard InChI is InChI=1S/C29H39N3O7/c1-18(24(33)20(3)25(34)31-37-7)14-19(2)26(35)32-12-10-29(11-13-32)17-38-23-9-8-21(15-22(23)29)16-30-27(36)39-28(4,5)6/h8-9,14-15,33H,2,10-13,16-17H2,1,3-7H3,(H,30,36)(H,31,34)/b18-14-,24-20-. The Labute approximate surface area is 229 Å². The first-order valence-electron chi connectivity index (χ1n) is 12.9. The molecule has 3 N–H and O–H groups in total. The van der Waals surface area contributed by atoms with Gasteiger partial charge in [-0.05, 0) is 76.8 Å². The van der Waals surface area contributed by atoms with Gasteiger partial charge in [-0.1, -0.05) is 12.6 Å². The van der Waals surface area contributed by atoms with E-state index in [-0.39, 0.29) is 28.2 Å². The first-order valence-corrected chi connectivity index (χ1v) is 12.9. The lowest BCUT2D eigenvalue weighted by atomic mass is 9.74. The van der Waals surface area contributed by atoms with Crippen LogP contribution in [0.25, 0.3) is 0 Å². The van der Waals surface area contributed by atoms with Crippen LogP contribution in [0.3, 0.4) is 0 Å². The van der Waals surface area contributed by atoms with Crippen molar-refractivity contribution in [2.24, 2.45) is 0 Å². The monoisotopic (exact) mass is 541 g/mol. The smallest absolute Gasteiger partial charge is 0.407 e. The second-order valence-electron chi connectivity index (χ2n) is 11.0. The largest absolute Gasteiger partial charge is 0.507 e. The van der Waals surface area contributed by atoms with E-state index in [9.17, 15) is 19.5 Å². The van der Waals surface area contributed by atoms with E-state index in [1.807, 2.05) is 32.9 Å². The molecule has 1 fully saturated rings. The molecule has 212 valence electrons. The topological polar surface area (TPSA) is 126 Å². The number of hydrogen-bond donors (Lipinski definition) is 3. The van der Waals surface area contributed by atoms with Gasteiger partial charge in [-0.15, -0.1) is 0 Å². The molecule has 0 aromatic heterocycles. The second kappa shape index (κ2) is 11.9. The number of rotatable bonds is 7. The molecular weight excluding hydrogens is 502 g/mol. The summed E-state index contributed by atoms with van der Waals surface area (Å²) in [5.41, 5.74) is 4.02. The fourth-order valence-corrected chi connectivity index (χ4v) is 4.73. The molecular formula is C29H39N3O7. The van der Waals surface area contributed by atoms with E-state index in [1.165, 1.54) is 20.1 Å². The normalized spacial score (nSPS) is 17.1. The Bertz CT molecular complexity index is 1200. The fourth-order valence-electron chi connectivity index (χ4n) is 4.73. The van der Waals surface area contributed by atoms with Crippen molar-refractivity contribution in [2.45, 2.75) is 65.0 Å². The third-order valence-electron chi connectivity index (χ3n) is 6.89. The molecule has 1 saturated heterocycles. The van der Waals surface area contributed by atoms with E-state index in [0.717, 1.165) is 16.9 Å². The number of hydroxylamine groups is 1. The third kappa shape index (κ3) is 7.20. The first-order chi connectivity index (χ1) is 18.3. The quantitative estimate of drug-likeness (QED) is 0.206. The Kier molecular flexibility index (Phi) is 9.11. The summed E-state index contributed by atoms with van der Waals surface area (Å²) in [6, 6.07) is 5.93. The molecule has 0 radical (unpaired) electrons. The molecule has 0 aliphatic carbocycles. The molecule has 10 nitrogen and oxygen atoms in total. The van der Waals surface area contributed by atoms with Gasteiger partial charge in [0.05, 0.1) is 19.3 Å². The number of alkyl carbamates (subject to hydrolysis) is 1. The highest BCUT2D eigenvalue weighted by atomic mass is 16.6. The molecule has 1 spiro atoms. The lowest BCUT2D eigenvalue weighted by molar-refractivity contribution is -0.128. The van der Waals surface area contributed by atoms with Gasteiger partial charge in [-0.2, -0.15) is 0 Å². The highest BCUT2D eigenvalue weighted by molar-refractivity contribution is 5.96. The zero-order chi connectivity index (χ0) is 29.0. The fraction of sp³-hybridized carbons (Fsp3) is 0.483. The predicted octanol–water partition coefficient (Wildman–Crippen LogP) is 3.98. The van der Waals surface area contributed by atoms with Crippen LogP contribution >= 0.6 is 0 Å². The average molecular weight is 542 g/mol. The minimum Gasteiger partial charge on any atom is -0.507 e. The number of allylic oxidation sites excluding steroid dienone is 1. The Morgan fingerprint density at radius 2 is 1.87 bits per heavy atom. The number of amides is 3. The molecule has 39 heavy (non-hydrogen) atoms. The van der Waals surface area contributed by atoms with Crippen molar-refractivity contribution in [3.05, 3.63) is 64.5 Å². The number of fused-ring (bicyclic) bond motifs is 2. The van der Waals surface area contributed by atoms with Gasteiger partial charge in [0.15, 0.2) is 0 Å². The number of hydrogen-bond acceptors (Lipinski definition) is 7. The maximum atomic E-state index is 13.1. The van der Waals surface area contributed by atoms with Crippen LogP contribution in [-0.4, -0.2) is 60.3 Å². The zero-order valence-electron chi connectivity index (χ0n) is 23.6. The zero-order valence-corrected chi connectivity index (χ0v) is 23.6. The Morgan fingerprint density at radius 3 is 2.49 bits per heavy atom. The molecule has 10 heteroatoms. The van der Waals surface area contributed by atoms with Gasteiger partial charge in [-0.3, -0.25) is 14.4 Å².